The predicted octanol–water partition coefficient (Wildman–Crippen LogP) is 1.18. The fourth-order valence-electron chi connectivity index (χ4n) is 2.39. The van der Waals surface area contributed by atoms with Crippen LogP contribution in [0.15, 0.2) is 29.2 Å². The Morgan fingerprint density at radius 2 is 1.83 bits per heavy atom. The largest absolute Gasteiger partial charge is 0.352 e. The zero-order chi connectivity index (χ0) is 17.9. The van der Waals surface area contributed by atoms with Gasteiger partial charge in [-0.3, -0.25) is 9.59 Å². The van der Waals surface area contributed by atoms with Gasteiger partial charge < -0.3 is 10.6 Å². The topological polar surface area (TPSA) is 95.6 Å². The average Bonchev–Trinajstić information content (AvgIpc) is 3.31. The van der Waals surface area contributed by atoms with Crippen LogP contribution in [0.5, 0.6) is 0 Å². The highest BCUT2D eigenvalue weighted by atomic mass is 32.2. The van der Waals surface area contributed by atoms with E-state index in [1.807, 2.05) is 6.92 Å². The van der Waals surface area contributed by atoms with Crippen LogP contribution < -0.4 is 10.6 Å². The van der Waals surface area contributed by atoms with Crippen LogP contribution in [0.25, 0.3) is 0 Å². The van der Waals surface area contributed by atoms with E-state index in [0.29, 0.717) is 11.6 Å². The summed E-state index contributed by atoms with van der Waals surface area (Å²) in [7, 11) is -2.39. The first-order valence-corrected chi connectivity index (χ1v) is 9.27. The summed E-state index contributed by atoms with van der Waals surface area (Å²) in [6, 6.07) is 5.91. The van der Waals surface area contributed by atoms with Crippen LogP contribution >= 0.6 is 0 Å². The van der Waals surface area contributed by atoms with Crippen LogP contribution in [-0.2, 0) is 19.6 Å². The minimum Gasteiger partial charge on any atom is -0.352 e. The molecule has 1 aliphatic carbocycles. The summed E-state index contributed by atoms with van der Waals surface area (Å²) in [6.45, 7) is 3.08. The number of rotatable bonds is 7. The Morgan fingerprint density at radius 1 is 1.25 bits per heavy atom. The third-order valence-corrected chi connectivity index (χ3v) is 5.78. The lowest BCUT2D eigenvalue weighted by molar-refractivity contribution is -0.121. The summed E-state index contributed by atoms with van der Waals surface area (Å²) in [5.74, 6) is -0.0308. The second-order valence-electron chi connectivity index (χ2n) is 6.16. The third-order valence-electron chi connectivity index (χ3n) is 3.97. The molecule has 2 rings (SSSR count). The predicted molar refractivity (Wildman–Crippen MR) is 90.9 cm³/mol. The van der Waals surface area contributed by atoms with Gasteiger partial charge in [-0.05, 0) is 49.9 Å². The molecule has 0 aliphatic heterocycles. The molecule has 8 heteroatoms. The zero-order valence-electron chi connectivity index (χ0n) is 14.1. The van der Waals surface area contributed by atoms with E-state index in [0.717, 1.165) is 17.1 Å². The van der Waals surface area contributed by atoms with Gasteiger partial charge in [-0.15, -0.1) is 0 Å². The fraction of sp³-hybridized carbons (Fsp3) is 0.500. The number of nitrogens with zero attached hydrogens (tertiary/aromatic N) is 1. The quantitative estimate of drug-likeness (QED) is 0.769. The van der Waals surface area contributed by atoms with E-state index in [9.17, 15) is 18.0 Å². The average molecular weight is 353 g/mol. The van der Waals surface area contributed by atoms with E-state index in [1.54, 1.807) is 0 Å². The van der Waals surface area contributed by atoms with Crippen molar-refractivity contribution in [3.8, 4) is 0 Å². The normalized spacial score (nSPS) is 15.8. The summed E-state index contributed by atoms with van der Waals surface area (Å²) in [5.41, 5.74) is 0.514. The van der Waals surface area contributed by atoms with Gasteiger partial charge in [-0.25, -0.2) is 8.42 Å². The van der Waals surface area contributed by atoms with E-state index < -0.39 is 10.0 Å². The first-order valence-electron chi connectivity index (χ1n) is 7.83. The highest BCUT2D eigenvalue weighted by molar-refractivity contribution is 7.89. The van der Waals surface area contributed by atoms with Crippen molar-refractivity contribution in [2.45, 2.75) is 37.6 Å². The van der Waals surface area contributed by atoms with E-state index >= 15 is 0 Å². The number of hydrogen-bond donors (Lipinski definition) is 2. The number of carbonyl (C=O) groups is 2. The summed E-state index contributed by atoms with van der Waals surface area (Å²) in [6.07, 6.45) is 2.21. The molecule has 7 nitrogen and oxygen atoms in total. The van der Waals surface area contributed by atoms with E-state index in [4.69, 9.17) is 0 Å². The molecule has 0 radical (unpaired) electrons. The molecule has 2 N–H and O–H groups in total. The number of hydrogen-bond acceptors (Lipinski definition) is 4. The first kappa shape index (κ1) is 18.4. The van der Waals surface area contributed by atoms with Gasteiger partial charge in [0, 0.05) is 25.7 Å². The van der Waals surface area contributed by atoms with Gasteiger partial charge in [-0.2, -0.15) is 4.31 Å². The van der Waals surface area contributed by atoms with Crippen LogP contribution in [0.2, 0.25) is 0 Å². The monoisotopic (exact) mass is 353 g/mol. The molecule has 1 aromatic carbocycles. The molecule has 24 heavy (non-hydrogen) atoms. The fourth-order valence-corrected chi connectivity index (χ4v) is 3.52. The Labute approximate surface area is 142 Å². The number of nitrogens with one attached hydrogen (secondary N) is 2. The number of likely N-dealkylation sites (N-methyl/N-ethyl adjacent to an activating group) is 1. The SMILES string of the molecule is CC(=O)Nc1ccc(S(=O)(=O)N(C)CC(=O)N[C@H](C)C2CC2)cc1. The minimum atomic E-state index is -3.76. The number of benzene rings is 1. The minimum absolute atomic E-state index is 0.0714. The lowest BCUT2D eigenvalue weighted by Crippen LogP contribution is -2.42. The lowest BCUT2D eigenvalue weighted by atomic mass is 10.2. The summed E-state index contributed by atoms with van der Waals surface area (Å²) < 4.78 is 26.0. The summed E-state index contributed by atoms with van der Waals surface area (Å²) >= 11 is 0. The highest BCUT2D eigenvalue weighted by Gasteiger charge is 2.30. The van der Waals surface area contributed by atoms with E-state index in [1.165, 1.54) is 38.2 Å². The van der Waals surface area contributed by atoms with Crippen molar-refractivity contribution in [1.29, 1.82) is 0 Å². The van der Waals surface area contributed by atoms with Crippen LogP contribution in [0.1, 0.15) is 26.7 Å². The number of sulfonamides is 1. The van der Waals surface area contributed by atoms with Gasteiger partial charge in [0.15, 0.2) is 0 Å². The molecule has 0 spiro atoms. The molecule has 132 valence electrons. The highest BCUT2D eigenvalue weighted by Crippen LogP contribution is 2.32. The van der Waals surface area contributed by atoms with Crippen molar-refractivity contribution in [3.05, 3.63) is 24.3 Å². The van der Waals surface area contributed by atoms with Gasteiger partial charge in [0.05, 0.1) is 11.4 Å². The third kappa shape index (κ3) is 4.78. The maximum Gasteiger partial charge on any atom is 0.243 e. The summed E-state index contributed by atoms with van der Waals surface area (Å²) in [5, 5.41) is 5.41. The van der Waals surface area contributed by atoms with Crippen molar-refractivity contribution >= 4 is 27.5 Å². The van der Waals surface area contributed by atoms with Crippen LogP contribution in [0, 0.1) is 5.92 Å². The molecule has 1 aliphatic rings. The van der Waals surface area contributed by atoms with Crippen molar-refractivity contribution in [1.82, 2.24) is 9.62 Å². The Balaban J connectivity index is 1.99. The van der Waals surface area contributed by atoms with Crippen LogP contribution in [0.3, 0.4) is 0 Å². The molecule has 1 atom stereocenters. The molecule has 0 heterocycles. The Hall–Kier alpha value is -1.93. The van der Waals surface area contributed by atoms with Gasteiger partial charge in [0.2, 0.25) is 21.8 Å². The van der Waals surface area contributed by atoms with E-state index in [2.05, 4.69) is 10.6 Å². The Morgan fingerprint density at radius 3 is 2.33 bits per heavy atom. The molecule has 1 saturated carbocycles. The molecular formula is C16H23N3O4S. The van der Waals surface area contributed by atoms with Crippen molar-refractivity contribution in [2.75, 3.05) is 18.9 Å². The molecule has 0 saturated heterocycles. The maximum atomic E-state index is 12.5. The lowest BCUT2D eigenvalue weighted by Gasteiger charge is -2.19. The summed E-state index contributed by atoms with van der Waals surface area (Å²) in [4.78, 5) is 23.0. The number of carbonyl (C=O) groups excluding carboxylic acids is 2. The second-order valence-corrected chi connectivity index (χ2v) is 8.21. The van der Waals surface area contributed by atoms with Crippen LogP contribution in [-0.4, -0.2) is 44.2 Å². The van der Waals surface area contributed by atoms with Gasteiger partial charge in [0.25, 0.3) is 0 Å². The van der Waals surface area contributed by atoms with Crippen LogP contribution in [0.4, 0.5) is 5.69 Å². The second kappa shape index (κ2) is 7.31. The molecule has 0 bridgehead atoms. The van der Waals surface area contributed by atoms with Gasteiger partial charge in [0.1, 0.15) is 0 Å². The molecule has 0 aromatic heterocycles. The van der Waals surface area contributed by atoms with E-state index in [-0.39, 0.29) is 29.3 Å². The molecule has 2 amide bonds. The maximum absolute atomic E-state index is 12.5. The molecule has 1 fully saturated rings. The Bertz CT molecular complexity index is 711. The molecule has 0 unspecified atom stereocenters. The van der Waals surface area contributed by atoms with Gasteiger partial charge >= 0.3 is 0 Å². The van der Waals surface area contributed by atoms with Gasteiger partial charge in [-0.1, -0.05) is 0 Å². The molecular weight excluding hydrogens is 330 g/mol. The molecule has 1 aromatic rings. The van der Waals surface area contributed by atoms with Crippen molar-refractivity contribution < 1.29 is 18.0 Å². The number of amides is 2. The van der Waals surface area contributed by atoms with Crippen molar-refractivity contribution in [3.63, 3.8) is 0 Å². The standard InChI is InChI=1S/C16H23N3O4S/c1-11(13-4-5-13)17-16(21)10-19(3)24(22,23)15-8-6-14(7-9-15)18-12(2)20/h6-9,11,13H,4-5,10H2,1-3H3,(H,17,21)(H,18,20)/t11-/m1/s1. The smallest absolute Gasteiger partial charge is 0.243 e. The number of anilines is 1. The van der Waals surface area contributed by atoms with Crippen molar-refractivity contribution in [2.24, 2.45) is 5.92 Å². The first-order chi connectivity index (χ1) is 11.2. The Kier molecular flexibility index (Phi) is 5.61. The zero-order valence-corrected chi connectivity index (χ0v) is 14.9.